The topological polar surface area (TPSA) is 20.2 Å². The van der Waals surface area contributed by atoms with E-state index in [4.69, 9.17) is 0 Å². The van der Waals surface area contributed by atoms with Gasteiger partial charge in [-0.25, -0.2) is 0 Å². The zero-order valence-corrected chi connectivity index (χ0v) is 12.9. The van der Waals surface area contributed by atoms with Gasteiger partial charge in [-0.3, -0.25) is 0 Å². The van der Waals surface area contributed by atoms with Crippen molar-refractivity contribution < 1.29 is 5.11 Å². The number of rotatable bonds is 1. The van der Waals surface area contributed by atoms with Crippen molar-refractivity contribution in [2.45, 2.75) is 54.9 Å². The van der Waals surface area contributed by atoms with Crippen LogP contribution in [-0.2, 0) is 0 Å². The van der Waals surface area contributed by atoms with Gasteiger partial charge in [0.2, 0.25) is 0 Å². The molecular weight excluding hydrogens is 220 g/mol. The van der Waals surface area contributed by atoms with Crippen LogP contribution in [0.3, 0.4) is 0 Å². The van der Waals surface area contributed by atoms with Crippen molar-refractivity contribution in [3.8, 4) is 0 Å². The molecule has 1 rings (SSSR count). The number of aliphatic hydroxyl groups is 1. The largest absolute Gasteiger partial charge is 0.551 e. The highest BCUT2D eigenvalue weighted by Crippen LogP contribution is 2.43. The van der Waals surface area contributed by atoms with Crippen LogP contribution in [0.4, 0.5) is 0 Å². The van der Waals surface area contributed by atoms with Crippen LogP contribution in [0.5, 0.6) is 0 Å². The molecule has 0 radical (unpaired) electrons. The molecule has 0 heterocycles. The summed E-state index contributed by atoms with van der Waals surface area (Å²) in [7, 11) is 0. The van der Waals surface area contributed by atoms with Crippen LogP contribution in [0.1, 0.15) is 54.9 Å². The van der Waals surface area contributed by atoms with E-state index in [1.807, 2.05) is 0 Å². The molecule has 0 aliphatic heterocycles. The Balaban J connectivity index is 3.36. The van der Waals surface area contributed by atoms with Crippen molar-refractivity contribution in [3.63, 3.8) is 0 Å². The van der Waals surface area contributed by atoms with E-state index >= 15 is 0 Å². The smallest absolute Gasteiger partial charge is 0.0394 e. The quantitative estimate of drug-likeness (QED) is 0.617. The van der Waals surface area contributed by atoms with Gasteiger partial charge in [0, 0.05) is 5.76 Å². The lowest BCUT2D eigenvalue weighted by atomic mass is 9.73. The van der Waals surface area contributed by atoms with Gasteiger partial charge in [0.1, 0.15) is 0 Å². The van der Waals surface area contributed by atoms with Gasteiger partial charge in [-0.15, -0.1) is 12.5 Å². The van der Waals surface area contributed by atoms with E-state index in [9.17, 15) is 5.11 Å². The van der Waals surface area contributed by atoms with E-state index < -0.39 is 0 Å². The minimum absolute atomic E-state index is 0.0400. The molecular formula is C17H27O-. The second kappa shape index (κ2) is 4.87. The number of hydrogen-bond acceptors (Lipinski definition) is 1. The first kappa shape index (κ1) is 14.9. The van der Waals surface area contributed by atoms with Crippen molar-refractivity contribution in [2.75, 3.05) is 0 Å². The summed E-state index contributed by atoms with van der Waals surface area (Å²) >= 11 is 0. The molecule has 0 unspecified atom stereocenters. The predicted octanol–water partition coefficient (Wildman–Crippen LogP) is 5.37. The van der Waals surface area contributed by atoms with Crippen molar-refractivity contribution in [2.24, 2.45) is 10.8 Å². The maximum Gasteiger partial charge on any atom is 0.0394 e. The molecule has 0 aromatic heterocycles. The Labute approximate surface area is 112 Å². The van der Waals surface area contributed by atoms with E-state index in [-0.39, 0.29) is 10.8 Å². The summed E-state index contributed by atoms with van der Waals surface area (Å²) in [5.41, 5.74) is 3.21. The van der Waals surface area contributed by atoms with Gasteiger partial charge in [0.15, 0.2) is 0 Å². The third kappa shape index (κ3) is 3.22. The van der Waals surface area contributed by atoms with Gasteiger partial charge in [-0.2, -0.15) is 11.6 Å². The summed E-state index contributed by atoms with van der Waals surface area (Å²) in [4.78, 5) is 0. The van der Waals surface area contributed by atoms with Crippen LogP contribution in [0.25, 0.3) is 0 Å². The fraction of sp³-hybridized carbons (Fsp3) is 0.588. The maximum atomic E-state index is 10.5. The van der Waals surface area contributed by atoms with Crippen molar-refractivity contribution in [1.82, 2.24) is 0 Å². The van der Waals surface area contributed by atoms with E-state index in [0.717, 1.165) is 17.6 Å². The lowest BCUT2D eigenvalue weighted by Gasteiger charge is -2.39. The summed E-state index contributed by atoms with van der Waals surface area (Å²) < 4.78 is 0. The fourth-order valence-corrected chi connectivity index (χ4v) is 2.15. The molecule has 0 spiro atoms. The first-order valence-electron chi connectivity index (χ1n) is 6.78. The minimum atomic E-state index is -0.0400. The first-order chi connectivity index (χ1) is 8.07. The molecule has 0 saturated carbocycles. The highest BCUT2D eigenvalue weighted by atomic mass is 16.3. The van der Waals surface area contributed by atoms with Gasteiger partial charge in [-0.05, 0) is 10.8 Å². The lowest BCUT2D eigenvalue weighted by Crippen LogP contribution is -2.22. The molecule has 0 amide bonds. The van der Waals surface area contributed by atoms with Crippen LogP contribution in [-0.4, -0.2) is 5.11 Å². The molecule has 0 bridgehead atoms. The summed E-state index contributed by atoms with van der Waals surface area (Å²) in [5, 5.41) is 10.5. The third-order valence-electron chi connectivity index (χ3n) is 3.19. The third-order valence-corrected chi connectivity index (χ3v) is 3.19. The second-order valence-electron chi connectivity index (χ2n) is 7.08. The van der Waals surface area contributed by atoms with E-state index in [1.165, 1.54) is 5.57 Å². The van der Waals surface area contributed by atoms with Crippen LogP contribution in [0.15, 0.2) is 34.6 Å². The molecule has 0 atom stereocenters. The maximum absolute atomic E-state index is 10.5. The molecule has 0 aromatic carbocycles. The molecule has 1 aliphatic rings. The van der Waals surface area contributed by atoms with Gasteiger partial charge in [-0.1, -0.05) is 66.0 Å². The zero-order chi connectivity index (χ0) is 14.1. The van der Waals surface area contributed by atoms with Gasteiger partial charge >= 0.3 is 0 Å². The Morgan fingerprint density at radius 2 is 1.67 bits per heavy atom. The highest BCUT2D eigenvalue weighted by Gasteiger charge is 2.26. The summed E-state index contributed by atoms with van der Waals surface area (Å²) in [6, 6.07) is 0. The minimum Gasteiger partial charge on any atom is -0.551 e. The predicted molar refractivity (Wildman–Crippen MR) is 79.3 cm³/mol. The number of allylic oxidation sites excluding steroid dienone is 5. The molecule has 1 N–H and O–H groups in total. The van der Waals surface area contributed by atoms with Crippen LogP contribution < -0.4 is 0 Å². The van der Waals surface area contributed by atoms with Crippen LogP contribution >= 0.6 is 0 Å². The van der Waals surface area contributed by atoms with Crippen molar-refractivity contribution in [1.29, 1.82) is 0 Å². The molecule has 0 fully saturated rings. The van der Waals surface area contributed by atoms with Crippen LogP contribution in [0.2, 0.25) is 0 Å². The average molecular weight is 247 g/mol. The summed E-state index contributed by atoms with van der Waals surface area (Å²) in [6.07, 6.45) is 7.46. The van der Waals surface area contributed by atoms with E-state index in [1.54, 1.807) is 0 Å². The molecule has 102 valence electrons. The van der Waals surface area contributed by atoms with Crippen molar-refractivity contribution in [3.05, 3.63) is 41.1 Å². The number of aliphatic hydroxyl groups excluding tert-OH is 1. The Morgan fingerprint density at radius 1 is 1.11 bits per heavy atom. The number of hydrogen-bond donors (Lipinski definition) is 1. The SMILES string of the molecule is CCC=C1C=C(C(C)(C)C)C(O)=C(C(C)(C)C)[CH-]1. The molecule has 1 nitrogen and oxygen atoms in total. The Morgan fingerprint density at radius 3 is 2.06 bits per heavy atom. The van der Waals surface area contributed by atoms with E-state index in [2.05, 4.69) is 67.0 Å². The van der Waals surface area contributed by atoms with Gasteiger partial charge in [0.05, 0.1) is 0 Å². The molecule has 0 saturated heterocycles. The average Bonchev–Trinajstić information content (AvgIpc) is 2.17. The normalized spacial score (nSPS) is 19.9. The molecule has 1 aliphatic carbocycles. The Hall–Kier alpha value is -1.11. The first-order valence-corrected chi connectivity index (χ1v) is 6.78. The van der Waals surface area contributed by atoms with Crippen molar-refractivity contribution >= 4 is 0 Å². The molecule has 1 heteroatoms. The van der Waals surface area contributed by atoms with E-state index in [0.29, 0.717) is 5.76 Å². The monoisotopic (exact) mass is 247 g/mol. The molecule has 0 aromatic rings. The standard InChI is InChI=1S/C17H27O/c1-8-9-12-10-13(16(2,3)4)15(18)14(11-12)17(5,6)7/h9-11,18H,8H2,1-7H3/q-1. The molecule has 18 heavy (non-hydrogen) atoms. The Bertz CT molecular complexity index is 406. The van der Waals surface area contributed by atoms with Gasteiger partial charge < -0.3 is 5.11 Å². The lowest BCUT2D eigenvalue weighted by molar-refractivity contribution is 0.351. The summed E-state index contributed by atoms with van der Waals surface area (Å²) in [5.74, 6) is 0.461. The summed E-state index contributed by atoms with van der Waals surface area (Å²) in [6.45, 7) is 15.0. The second-order valence-corrected chi connectivity index (χ2v) is 7.08. The Kier molecular flexibility index (Phi) is 4.05. The van der Waals surface area contributed by atoms with Gasteiger partial charge in [0.25, 0.3) is 0 Å². The fourth-order valence-electron chi connectivity index (χ4n) is 2.15. The van der Waals surface area contributed by atoms with Crippen LogP contribution in [0, 0.1) is 17.3 Å². The highest BCUT2D eigenvalue weighted by molar-refractivity contribution is 5.54. The zero-order valence-electron chi connectivity index (χ0n) is 12.9.